The number of halogens is 1. The van der Waals surface area contributed by atoms with E-state index in [0.29, 0.717) is 6.04 Å². The van der Waals surface area contributed by atoms with Crippen molar-refractivity contribution in [3.8, 4) is 0 Å². The smallest absolute Gasteiger partial charge is 0.251 e. The van der Waals surface area contributed by atoms with Gasteiger partial charge in [-0.05, 0) is 50.1 Å². The monoisotopic (exact) mass is 310 g/mol. The zero-order chi connectivity index (χ0) is 12.8. The molecule has 1 fully saturated rings. The molecule has 1 unspecified atom stereocenters. The molecule has 0 aliphatic carbocycles. The van der Waals surface area contributed by atoms with Crippen LogP contribution in [0.2, 0.25) is 0 Å². The predicted molar refractivity (Wildman–Crippen MR) is 76.7 cm³/mol. The highest BCUT2D eigenvalue weighted by Crippen LogP contribution is 2.11. The van der Waals surface area contributed by atoms with E-state index in [1.165, 1.54) is 19.3 Å². The molecule has 4 heteroatoms. The average molecular weight is 311 g/mol. The molecule has 1 amide bonds. The molecule has 0 saturated carbocycles. The van der Waals surface area contributed by atoms with Crippen LogP contribution >= 0.6 is 15.9 Å². The number of hydrogen-bond acceptors (Lipinski definition) is 2. The van der Waals surface area contributed by atoms with Gasteiger partial charge in [0.05, 0.1) is 0 Å². The van der Waals surface area contributed by atoms with Gasteiger partial charge < -0.3 is 10.6 Å². The van der Waals surface area contributed by atoms with E-state index in [1.807, 2.05) is 24.3 Å². The largest absolute Gasteiger partial charge is 0.352 e. The van der Waals surface area contributed by atoms with Crippen molar-refractivity contribution in [2.45, 2.75) is 31.7 Å². The quantitative estimate of drug-likeness (QED) is 0.898. The highest BCUT2D eigenvalue weighted by atomic mass is 79.9. The summed E-state index contributed by atoms with van der Waals surface area (Å²) in [6, 6.07) is 8.01. The summed E-state index contributed by atoms with van der Waals surface area (Å²) in [4.78, 5) is 11.9. The van der Waals surface area contributed by atoms with Crippen LogP contribution in [0.1, 0.15) is 36.0 Å². The Morgan fingerprint density at radius 1 is 1.33 bits per heavy atom. The Balaban J connectivity index is 1.72. The number of benzene rings is 1. The molecule has 3 nitrogen and oxygen atoms in total. The third-order valence-corrected chi connectivity index (χ3v) is 3.83. The lowest BCUT2D eigenvalue weighted by molar-refractivity contribution is 0.0951. The molecule has 0 radical (unpaired) electrons. The number of carbonyl (C=O) groups excluding carboxylic acids is 1. The maximum atomic E-state index is 11.9. The zero-order valence-electron chi connectivity index (χ0n) is 10.4. The summed E-state index contributed by atoms with van der Waals surface area (Å²) < 4.78 is 0.991. The van der Waals surface area contributed by atoms with E-state index < -0.39 is 0 Å². The summed E-state index contributed by atoms with van der Waals surface area (Å²) in [5.74, 6) is 0.0123. The number of piperidine rings is 1. The van der Waals surface area contributed by atoms with Crippen LogP contribution in [0.15, 0.2) is 28.7 Å². The van der Waals surface area contributed by atoms with Gasteiger partial charge >= 0.3 is 0 Å². The lowest BCUT2D eigenvalue weighted by atomic mass is 10.0. The van der Waals surface area contributed by atoms with Gasteiger partial charge in [-0.25, -0.2) is 0 Å². The minimum atomic E-state index is 0.0123. The van der Waals surface area contributed by atoms with Crippen molar-refractivity contribution in [2.24, 2.45) is 0 Å². The van der Waals surface area contributed by atoms with Crippen LogP contribution in [0.3, 0.4) is 0 Å². The molecular formula is C14H19BrN2O. The van der Waals surface area contributed by atoms with Crippen LogP contribution in [0.4, 0.5) is 0 Å². The standard InChI is InChI=1S/C14H19BrN2O/c15-12-6-4-11(5-7-12)14(18)17-10-8-13-3-1-2-9-16-13/h4-7,13,16H,1-3,8-10H2,(H,17,18). The average Bonchev–Trinajstić information content (AvgIpc) is 2.40. The summed E-state index contributed by atoms with van der Waals surface area (Å²) in [7, 11) is 0. The van der Waals surface area contributed by atoms with Crippen LogP contribution in [-0.4, -0.2) is 25.0 Å². The van der Waals surface area contributed by atoms with Gasteiger partial charge in [0.1, 0.15) is 0 Å². The number of rotatable bonds is 4. The zero-order valence-corrected chi connectivity index (χ0v) is 12.0. The Labute approximate surface area is 116 Å². The van der Waals surface area contributed by atoms with Gasteiger partial charge in [-0.2, -0.15) is 0 Å². The van der Waals surface area contributed by atoms with Crippen molar-refractivity contribution < 1.29 is 4.79 Å². The molecule has 98 valence electrons. The van der Waals surface area contributed by atoms with Crippen LogP contribution < -0.4 is 10.6 Å². The Morgan fingerprint density at radius 3 is 2.78 bits per heavy atom. The molecule has 2 N–H and O–H groups in total. The normalized spacial score (nSPS) is 19.5. The first-order valence-corrected chi connectivity index (χ1v) is 7.32. The number of carbonyl (C=O) groups is 1. The molecular weight excluding hydrogens is 292 g/mol. The Kier molecular flexibility index (Phi) is 5.20. The van der Waals surface area contributed by atoms with Gasteiger partial charge in [0.2, 0.25) is 0 Å². The van der Waals surface area contributed by atoms with E-state index in [4.69, 9.17) is 0 Å². The third-order valence-electron chi connectivity index (χ3n) is 3.30. The number of nitrogens with one attached hydrogen (secondary N) is 2. The summed E-state index contributed by atoms with van der Waals surface area (Å²) in [5.41, 5.74) is 0.717. The second kappa shape index (κ2) is 6.90. The Morgan fingerprint density at radius 2 is 2.11 bits per heavy atom. The van der Waals surface area contributed by atoms with Crippen molar-refractivity contribution in [3.63, 3.8) is 0 Å². The van der Waals surface area contributed by atoms with Crippen molar-refractivity contribution >= 4 is 21.8 Å². The summed E-state index contributed by atoms with van der Waals surface area (Å²) in [5, 5.41) is 6.45. The molecule has 2 rings (SSSR count). The van der Waals surface area contributed by atoms with E-state index in [0.717, 1.165) is 29.5 Å². The first-order chi connectivity index (χ1) is 8.75. The SMILES string of the molecule is O=C(NCCC1CCCCN1)c1ccc(Br)cc1. The van der Waals surface area contributed by atoms with Crippen molar-refractivity contribution in [2.75, 3.05) is 13.1 Å². The topological polar surface area (TPSA) is 41.1 Å². The fourth-order valence-electron chi connectivity index (χ4n) is 2.23. The minimum absolute atomic E-state index is 0.0123. The second-order valence-electron chi connectivity index (χ2n) is 4.70. The molecule has 1 aromatic carbocycles. The maximum absolute atomic E-state index is 11.9. The van der Waals surface area contributed by atoms with Crippen molar-refractivity contribution in [3.05, 3.63) is 34.3 Å². The number of amides is 1. The molecule has 18 heavy (non-hydrogen) atoms. The van der Waals surface area contributed by atoms with Gasteiger partial charge in [0.25, 0.3) is 5.91 Å². The number of hydrogen-bond donors (Lipinski definition) is 2. The molecule has 1 aromatic rings. The van der Waals surface area contributed by atoms with Crippen LogP contribution in [0.25, 0.3) is 0 Å². The Bertz CT molecular complexity index is 385. The first kappa shape index (κ1) is 13.6. The molecule has 1 aliphatic heterocycles. The fraction of sp³-hybridized carbons (Fsp3) is 0.500. The van der Waals surface area contributed by atoms with Gasteiger partial charge in [0, 0.05) is 22.6 Å². The van der Waals surface area contributed by atoms with Crippen LogP contribution in [-0.2, 0) is 0 Å². The Hall–Kier alpha value is -0.870. The molecule has 0 aromatic heterocycles. The van der Waals surface area contributed by atoms with Crippen molar-refractivity contribution in [1.82, 2.24) is 10.6 Å². The molecule has 0 bridgehead atoms. The summed E-state index contributed by atoms with van der Waals surface area (Å²) in [6.45, 7) is 1.86. The summed E-state index contributed by atoms with van der Waals surface area (Å²) in [6.07, 6.45) is 4.83. The predicted octanol–water partition coefficient (Wildman–Crippen LogP) is 2.71. The van der Waals surface area contributed by atoms with E-state index >= 15 is 0 Å². The highest BCUT2D eigenvalue weighted by Gasteiger charge is 2.12. The second-order valence-corrected chi connectivity index (χ2v) is 5.61. The molecule has 1 heterocycles. The third kappa shape index (κ3) is 4.10. The van der Waals surface area contributed by atoms with Crippen molar-refractivity contribution in [1.29, 1.82) is 0 Å². The van der Waals surface area contributed by atoms with Gasteiger partial charge in [-0.15, -0.1) is 0 Å². The van der Waals surface area contributed by atoms with E-state index in [1.54, 1.807) is 0 Å². The van der Waals surface area contributed by atoms with Crippen LogP contribution in [0, 0.1) is 0 Å². The van der Waals surface area contributed by atoms with Gasteiger partial charge in [0.15, 0.2) is 0 Å². The van der Waals surface area contributed by atoms with Crippen LogP contribution in [0.5, 0.6) is 0 Å². The lowest BCUT2D eigenvalue weighted by Gasteiger charge is -2.23. The minimum Gasteiger partial charge on any atom is -0.352 e. The molecule has 0 spiro atoms. The van der Waals surface area contributed by atoms with E-state index in [9.17, 15) is 4.79 Å². The van der Waals surface area contributed by atoms with E-state index in [-0.39, 0.29) is 5.91 Å². The lowest BCUT2D eigenvalue weighted by Crippen LogP contribution is -2.37. The fourth-order valence-corrected chi connectivity index (χ4v) is 2.50. The first-order valence-electron chi connectivity index (χ1n) is 6.53. The van der Waals surface area contributed by atoms with Gasteiger partial charge in [-0.1, -0.05) is 22.4 Å². The van der Waals surface area contributed by atoms with Gasteiger partial charge in [-0.3, -0.25) is 4.79 Å². The summed E-state index contributed by atoms with van der Waals surface area (Å²) >= 11 is 3.36. The maximum Gasteiger partial charge on any atom is 0.251 e. The van der Waals surface area contributed by atoms with E-state index in [2.05, 4.69) is 26.6 Å². The highest BCUT2D eigenvalue weighted by molar-refractivity contribution is 9.10. The molecule has 1 aliphatic rings. The molecule has 1 atom stereocenters. The molecule has 1 saturated heterocycles.